The molecule has 0 amide bonds. The molecule has 150 valence electrons. The minimum atomic E-state index is 0.392. The van der Waals surface area contributed by atoms with E-state index in [1.807, 2.05) is 6.20 Å². The molecular weight excluding hydrogens is 366 g/mol. The van der Waals surface area contributed by atoms with Crippen molar-refractivity contribution in [3.8, 4) is 0 Å². The fraction of sp³-hybridized carbons (Fsp3) is 0.222. The zero-order chi connectivity index (χ0) is 20.2. The first-order valence-electron chi connectivity index (χ1n) is 10.8. The van der Waals surface area contributed by atoms with Gasteiger partial charge in [0.1, 0.15) is 5.82 Å². The molecule has 3 nitrogen and oxygen atoms in total. The number of benzene rings is 3. The number of hydrogen-bond donors (Lipinski definition) is 0. The van der Waals surface area contributed by atoms with E-state index < -0.39 is 0 Å². The van der Waals surface area contributed by atoms with Crippen molar-refractivity contribution in [1.29, 1.82) is 0 Å². The van der Waals surface area contributed by atoms with Crippen molar-refractivity contribution in [2.24, 2.45) is 0 Å². The fourth-order valence-electron chi connectivity index (χ4n) is 4.58. The van der Waals surface area contributed by atoms with E-state index in [2.05, 4.69) is 101 Å². The van der Waals surface area contributed by atoms with Gasteiger partial charge in [0.05, 0.1) is 0 Å². The van der Waals surface area contributed by atoms with E-state index in [9.17, 15) is 0 Å². The van der Waals surface area contributed by atoms with E-state index in [1.165, 1.54) is 21.9 Å². The third kappa shape index (κ3) is 4.07. The maximum absolute atomic E-state index is 4.84. The highest BCUT2D eigenvalue weighted by Gasteiger charge is 2.29. The molecule has 0 bridgehead atoms. The van der Waals surface area contributed by atoms with E-state index in [-0.39, 0.29) is 0 Å². The molecule has 2 heterocycles. The second-order valence-corrected chi connectivity index (χ2v) is 8.11. The van der Waals surface area contributed by atoms with Crippen LogP contribution in [-0.2, 0) is 13.0 Å². The van der Waals surface area contributed by atoms with Crippen LogP contribution in [0.2, 0.25) is 0 Å². The van der Waals surface area contributed by atoms with Crippen molar-refractivity contribution in [2.75, 3.05) is 24.5 Å². The molecule has 0 spiro atoms. The SMILES string of the molecule is c1ccc(CC2CN(Cc3ccccc3)CCN2c2nccc3ccccc23)cc1. The molecule has 0 N–H and O–H groups in total. The van der Waals surface area contributed by atoms with Gasteiger partial charge in [0.15, 0.2) is 0 Å². The summed E-state index contributed by atoms with van der Waals surface area (Å²) in [5.41, 5.74) is 2.77. The normalized spacial score (nSPS) is 17.3. The van der Waals surface area contributed by atoms with Crippen LogP contribution in [0.1, 0.15) is 11.1 Å². The van der Waals surface area contributed by atoms with Gasteiger partial charge in [-0.3, -0.25) is 4.90 Å². The lowest BCUT2D eigenvalue weighted by molar-refractivity contribution is 0.213. The van der Waals surface area contributed by atoms with Crippen LogP contribution in [0.5, 0.6) is 0 Å². The monoisotopic (exact) mass is 393 g/mol. The van der Waals surface area contributed by atoms with Gasteiger partial charge in [0, 0.05) is 43.8 Å². The molecule has 1 unspecified atom stereocenters. The standard InChI is InChI=1S/C27H27N3/c1-3-9-22(10-4-1)19-25-21-29(20-23-11-5-2-6-12-23)17-18-30(25)27-26-14-8-7-13-24(26)15-16-28-27/h1-16,25H,17-21H2. The number of aromatic nitrogens is 1. The van der Waals surface area contributed by atoms with E-state index in [1.54, 1.807) is 0 Å². The Labute approximate surface area is 178 Å². The van der Waals surface area contributed by atoms with Crippen molar-refractivity contribution in [3.63, 3.8) is 0 Å². The Morgan fingerprint density at radius 2 is 1.43 bits per heavy atom. The Kier molecular flexibility index (Phi) is 5.45. The van der Waals surface area contributed by atoms with Crippen molar-refractivity contribution < 1.29 is 0 Å². The first-order chi connectivity index (χ1) is 14.9. The first-order valence-corrected chi connectivity index (χ1v) is 10.8. The average molecular weight is 394 g/mol. The Hall–Kier alpha value is -3.17. The quantitative estimate of drug-likeness (QED) is 0.466. The molecule has 0 aliphatic carbocycles. The molecule has 1 atom stereocenters. The van der Waals surface area contributed by atoms with E-state index in [0.29, 0.717) is 6.04 Å². The summed E-state index contributed by atoms with van der Waals surface area (Å²) in [6.07, 6.45) is 2.98. The Morgan fingerprint density at radius 3 is 2.23 bits per heavy atom. The second-order valence-electron chi connectivity index (χ2n) is 8.11. The Morgan fingerprint density at radius 1 is 0.733 bits per heavy atom. The molecule has 1 aliphatic heterocycles. The fourth-order valence-corrected chi connectivity index (χ4v) is 4.58. The smallest absolute Gasteiger partial charge is 0.136 e. The predicted molar refractivity (Wildman–Crippen MR) is 125 cm³/mol. The molecule has 1 fully saturated rings. The molecule has 5 rings (SSSR count). The van der Waals surface area contributed by atoms with Gasteiger partial charge in [-0.2, -0.15) is 0 Å². The lowest BCUT2D eigenvalue weighted by atomic mass is 10.0. The van der Waals surface area contributed by atoms with E-state index >= 15 is 0 Å². The minimum Gasteiger partial charge on any atom is -0.350 e. The molecule has 1 saturated heterocycles. The molecule has 3 aromatic carbocycles. The maximum atomic E-state index is 4.84. The number of hydrogen-bond acceptors (Lipinski definition) is 3. The Balaban J connectivity index is 1.45. The van der Waals surface area contributed by atoms with Crippen LogP contribution < -0.4 is 4.90 Å². The minimum absolute atomic E-state index is 0.392. The summed E-state index contributed by atoms with van der Waals surface area (Å²) >= 11 is 0. The predicted octanol–water partition coefficient (Wildman–Crippen LogP) is 5.17. The van der Waals surface area contributed by atoms with Crippen LogP contribution in [0.3, 0.4) is 0 Å². The number of fused-ring (bicyclic) bond motifs is 1. The number of piperazine rings is 1. The largest absolute Gasteiger partial charge is 0.350 e. The Bertz CT molecular complexity index is 1090. The van der Waals surface area contributed by atoms with Crippen LogP contribution in [0, 0.1) is 0 Å². The second kappa shape index (κ2) is 8.68. The van der Waals surface area contributed by atoms with Gasteiger partial charge in [-0.25, -0.2) is 4.98 Å². The third-order valence-corrected chi connectivity index (χ3v) is 6.05. The highest BCUT2D eigenvalue weighted by atomic mass is 15.3. The number of rotatable bonds is 5. The van der Waals surface area contributed by atoms with E-state index in [0.717, 1.165) is 38.4 Å². The molecule has 0 radical (unpaired) electrons. The molecule has 4 aromatic rings. The van der Waals surface area contributed by atoms with E-state index in [4.69, 9.17) is 4.98 Å². The third-order valence-electron chi connectivity index (χ3n) is 6.05. The number of pyridine rings is 1. The van der Waals surface area contributed by atoms with Crippen LogP contribution in [0.4, 0.5) is 5.82 Å². The zero-order valence-corrected chi connectivity index (χ0v) is 17.2. The van der Waals surface area contributed by atoms with Crippen LogP contribution in [0.15, 0.2) is 97.2 Å². The van der Waals surface area contributed by atoms with Gasteiger partial charge in [-0.05, 0) is 29.0 Å². The maximum Gasteiger partial charge on any atom is 0.136 e. The molecule has 0 saturated carbocycles. The van der Waals surface area contributed by atoms with Crippen LogP contribution in [0.25, 0.3) is 10.8 Å². The van der Waals surface area contributed by atoms with Crippen molar-refractivity contribution >= 4 is 16.6 Å². The van der Waals surface area contributed by atoms with Gasteiger partial charge in [0.2, 0.25) is 0 Å². The lowest BCUT2D eigenvalue weighted by Gasteiger charge is -2.42. The van der Waals surface area contributed by atoms with Crippen LogP contribution >= 0.6 is 0 Å². The summed E-state index contributed by atoms with van der Waals surface area (Å²) in [7, 11) is 0. The highest BCUT2D eigenvalue weighted by molar-refractivity contribution is 5.92. The summed E-state index contributed by atoms with van der Waals surface area (Å²) in [5.74, 6) is 1.12. The van der Waals surface area contributed by atoms with Gasteiger partial charge >= 0.3 is 0 Å². The summed E-state index contributed by atoms with van der Waals surface area (Å²) in [5, 5.41) is 2.50. The van der Waals surface area contributed by atoms with Crippen molar-refractivity contribution in [3.05, 3.63) is 108 Å². The molecule has 30 heavy (non-hydrogen) atoms. The molecular formula is C27H27N3. The van der Waals surface area contributed by atoms with Gasteiger partial charge in [0.25, 0.3) is 0 Å². The molecule has 3 heteroatoms. The lowest BCUT2D eigenvalue weighted by Crippen LogP contribution is -2.54. The summed E-state index contributed by atoms with van der Waals surface area (Å²) in [6, 6.07) is 32.8. The first kappa shape index (κ1) is 18.8. The van der Waals surface area contributed by atoms with Gasteiger partial charge in [-0.1, -0.05) is 84.9 Å². The van der Waals surface area contributed by atoms with Crippen molar-refractivity contribution in [2.45, 2.75) is 19.0 Å². The summed E-state index contributed by atoms with van der Waals surface area (Å²) < 4.78 is 0. The number of anilines is 1. The molecule has 1 aromatic heterocycles. The zero-order valence-electron chi connectivity index (χ0n) is 17.2. The highest BCUT2D eigenvalue weighted by Crippen LogP contribution is 2.29. The van der Waals surface area contributed by atoms with Crippen LogP contribution in [-0.4, -0.2) is 35.6 Å². The molecule has 1 aliphatic rings. The van der Waals surface area contributed by atoms with Gasteiger partial charge < -0.3 is 4.90 Å². The van der Waals surface area contributed by atoms with Crippen molar-refractivity contribution in [1.82, 2.24) is 9.88 Å². The summed E-state index contributed by atoms with van der Waals surface area (Å²) in [4.78, 5) is 9.97. The number of nitrogens with zero attached hydrogens (tertiary/aromatic N) is 3. The summed E-state index contributed by atoms with van der Waals surface area (Å²) in [6.45, 7) is 4.08. The average Bonchev–Trinajstić information content (AvgIpc) is 2.80. The topological polar surface area (TPSA) is 19.4 Å². The van der Waals surface area contributed by atoms with Gasteiger partial charge in [-0.15, -0.1) is 0 Å².